The van der Waals surface area contributed by atoms with Crippen molar-refractivity contribution in [1.29, 1.82) is 5.26 Å². The molecule has 4 aromatic carbocycles. The third kappa shape index (κ3) is 9.49. The van der Waals surface area contributed by atoms with Gasteiger partial charge in [-0.05, 0) is 83.6 Å². The molecule has 0 radical (unpaired) electrons. The fourth-order valence-corrected chi connectivity index (χ4v) is 4.02. The van der Waals surface area contributed by atoms with Crippen LogP contribution in [0.2, 0.25) is 0 Å². The summed E-state index contributed by atoms with van der Waals surface area (Å²) in [5.74, 6) is 0. The molecule has 0 saturated carbocycles. The molecule has 0 spiro atoms. The Morgan fingerprint density at radius 3 is 1.45 bits per heavy atom. The molecule has 0 saturated heterocycles. The molecule has 0 unspecified atom stereocenters. The maximum absolute atomic E-state index is 12.1. The number of amides is 2. The van der Waals surface area contributed by atoms with Gasteiger partial charge < -0.3 is 9.47 Å². The summed E-state index contributed by atoms with van der Waals surface area (Å²) in [7, 11) is 0. The minimum atomic E-state index is -0.598. The monoisotopic (exact) mass is 560 g/mol. The number of isocyanates is 1. The highest BCUT2D eigenvalue weighted by Gasteiger charge is 2.07. The van der Waals surface area contributed by atoms with Crippen molar-refractivity contribution in [3.05, 3.63) is 125 Å². The molecule has 0 atom stereocenters. The fraction of sp³-hybridized carbons (Fsp3) is 0.152. The lowest BCUT2D eigenvalue weighted by atomic mass is 10.0. The molecule has 9 nitrogen and oxygen atoms in total. The Labute approximate surface area is 243 Å². The van der Waals surface area contributed by atoms with Crippen LogP contribution in [-0.4, -0.2) is 31.5 Å². The van der Waals surface area contributed by atoms with Gasteiger partial charge in [0.1, 0.15) is 0 Å². The van der Waals surface area contributed by atoms with Crippen molar-refractivity contribution in [2.45, 2.75) is 19.3 Å². The van der Waals surface area contributed by atoms with Crippen molar-refractivity contribution in [2.75, 3.05) is 23.8 Å². The molecule has 0 aliphatic heterocycles. The summed E-state index contributed by atoms with van der Waals surface area (Å²) >= 11 is 0. The number of hydrogen-bond donors (Lipinski definition) is 2. The summed E-state index contributed by atoms with van der Waals surface area (Å²) in [4.78, 5) is 38.1. The molecule has 210 valence electrons. The van der Waals surface area contributed by atoms with Crippen LogP contribution in [0.4, 0.5) is 26.7 Å². The molecular formula is C33H28N4O5. The first-order valence-electron chi connectivity index (χ1n) is 13.2. The molecule has 0 aliphatic carbocycles. The lowest BCUT2D eigenvalue weighted by Gasteiger charge is -2.09. The molecular weight excluding hydrogens is 532 g/mol. The summed E-state index contributed by atoms with van der Waals surface area (Å²) in [6, 6.07) is 31.6. The Balaban J connectivity index is 1.10. The fourth-order valence-electron chi connectivity index (χ4n) is 4.02. The van der Waals surface area contributed by atoms with Gasteiger partial charge in [0, 0.05) is 17.8 Å². The molecule has 9 heteroatoms. The first-order valence-corrected chi connectivity index (χ1v) is 13.2. The van der Waals surface area contributed by atoms with Crippen LogP contribution in [0.5, 0.6) is 0 Å². The summed E-state index contributed by atoms with van der Waals surface area (Å²) in [5.41, 5.74) is 6.65. The largest absolute Gasteiger partial charge is 0.449 e. The highest BCUT2D eigenvalue weighted by Crippen LogP contribution is 2.18. The highest BCUT2D eigenvalue weighted by atomic mass is 16.6. The van der Waals surface area contributed by atoms with E-state index in [1.165, 1.54) is 6.08 Å². The zero-order valence-corrected chi connectivity index (χ0v) is 22.7. The zero-order chi connectivity index (χ0) is 29.6. The molecule has 0 aliphatic rings. The van der Waals surface area contributed by atoms with E-state index < -0.39 is 12.2 Å². The van der Waals surface area contributed by atoms with E-state index in [-0.39, 0.29) is 13.2 Å². The van der Waals surface area contributed by atoms with Gasteiger partial charge in [-0.25, -0.2) is 14.4 Å². The van der Waals surface area contributed by atoms with Crippen LogP contribution in [0.1, 0.15) is 34.2 Å². The Morgan fingerprint density at radius 2 is 1.05 bits per heavy atom. The van der Waals surface area contributed by atoms with E-state index in [1.54, 1.807) is 48.5 Å². The van der Waals surface area contributed by atoms with Crippen molar-refractivity contribution in [3.63, 3.8) is 0 Å². The van der Waals surface area contributed by atoms with Crippen molar-refractivity contribution in [1.82, 2.24) is 0 Å². The predicted octanol–water partition coefficient (Wildman–Crippen LogP) is 6.89. The van der Waals surface area contributed by atoms with Crippen LogP contribution in [0.3, 0.4) is 0 Å². The van der Waals surface area contributed by atoms with Crippen molar-refractivity contribution in [2.24, 2.45) is 4.99 Å². The topological polar surface area (TPSA) is 130 Å². The number of hydrogen-bond acceptors (Lipinski definition) is 7. The number of nitrogens with zero attached hydrogens (tertiary/aromatic N) is 2. The normalized spacial score (nSPS) is 10.1. The van der Waals surface area contributed by atoms with Crippen LogP contribution < -0.4 is 10.6 Å². The number of carbonyl (C=O) groups is 2. The smallest absolute Gasteiger partial charge is 0.411 e. The number of rotatable bonds is 11. The predicted molar refractivity (Wildman–Crippen MR) is 158 cm³/mol. The molecule has 0 aromatic heterocycles. The zero-order valence-electron chi connectivity index (χ0n) is 22.7. The van der Waals surface area contributed by atoms with E-state index in [0.717, 1.165) is 22.3 Å². The number of ether oxygens (including phenoxy) is 2. The van der Waals surface area contributed by atoms with Crippen LogP contribution in [0.15, 0.2) is 102 Å². The second-order valence-corrected chi connectivity index (χ2v) is 9.30. The van der Waals surface area contributed by atoms with E-state index in [9.17, 15) is 14.4 Å². The van der Waals surface area contributed by atoms with E-state index in [2.05, 4.69) is 21.7 Å². The number of benzene rings is 4. The van der Waals surface area contributed by atoms with Crippen LogP contribution in [0.25, 0.3) is 0 Å². The molecule has 0 bridgehead atoms. The molecule has 0 heterocycles. The SMILES string of the molecule is N#Cc1ccc(Cc2ccc(NC(=O)OCCCOC(=O)Nc3ccc(Cc4ccc(N=C=O)cc4)cc3)cc2)cc1. The quantitative estimate of drug-likeness (QED) is 0.117. The minimum absolute atomic E-state index is 0.0887. The van der Waals surface area contributed by atoms with Gasteiger partial charge in [0.25, 0.3) is 0 Å². The third-order valence-electron chi connectivity index (χ3n) is 6.17. The van der Waals surface area contributed by atoms with Crippen LogP contribution >= 0.6 is 0 Å². The Kier molecular flexibility index (Phi) is 10.6. The first-order chi connectivity index (χ1) is 20.5. The van der Waals surface area contributed by atoms with Gasteiger partial charge in [-0.15, -0.1) is 0 Å². The number of nitriles is 1. The second kappa shape index (κ2) is 15.2. The summed E-state index contributed by atoms with van der Waals surface area (Å²) in [6.45, 7) is 0.179. The number of anilines is 2. The third-order valence-corrected chi connectivity index (χ3v) is 6.17. The maximum Gasteiger partial charge on any atom is 0.411 e. The van der Waals surface area contributed by atoms with Crippen molar-refractivity contribution < 1.29 is 23.9 Å². The van der Waals surface area contributed by atoms with Gasteiger partial charge in [-0.1, -0.05) is 48.5 Å². The Morgan fingerprint density at radius 1 is 0.643 bits per heavy atom. The van der Waals surface area contributed by atoms with E-state index >= 15 is 0 Å². The average Bonchev–Trinajstić information content (AvgIpc) is 3.00. The number of aliphatic imine (C=N–C) groups is 1. The highest BCUT2D eigenvalue weighted by molar-refractivity contribution is 5.85. The number of carbonyl (C=O) groups excluding carboxylic acids is 3. The Hall–Kier alpha value is -5.71. The van der Waals surface area contributed by atoms with Crippen molar-refractivity contribution >= 4 is 35.3 Å². The summed E-state index contributed by atoms with van der Waals surface area (Å²) < 4.78 is 10.3. The van der Waals surface area contributed by atoms with E-state index in [0.29, 0.717) is 41.9 Å². The summed E-state index contributed by atoms with van der Waals surface area (Å²) in [5, 5.41) is 14.2. The second-order valence-electron chi connectivity index (χ2n) is 9.30. The molecule has 4 rings (SSSR count). The standard InChI is InChI=1S/C33H28N4O5/c34-22-28-4-2-24(3-5-28)20-26-8-14-30(15-9-26)36-32(39)41-18-1-19-42-33(40)37-31-16-10-27(11-17-31)21-25-6-12-29(13-7-25)35-23-38/h2-17H,1,18-21H2,(H,36,39)(H,37,40). The molecule has 2 amide bonds. The molecule has 0 fully saturated rings. The van der Waals surface area contributed by atoms with Gasteiger partial charge in [-0.3, -0.25) is 10.6 Å². The number of nitrogens with one attached hydrogen (secondary N) is 2. The molecule has 4 aromatic rings. The molecule has 42 heavy (non-hydrogen) atoms. The van der Waals surface area contributed by atoms with E-state index in [4.69, 9.17) is 14.7 Å². The maximum atomic E-state index is 12.1. The lowest BCUT2D eigenvalue weighted by Crippen LogP contribution is -2.17. The van der Waals surface area contributed by atoms with Crippen molar-refractivity contribution in [3.8, 4) is 6.07 Å². The average molecular weight is 561 g/mol. The summed E-state index contributed by atoms with van der Waals surface area (Å²) in [6.07, 6.45) is 2.08. The van der Waals surface area contributed by atoms with Gasteiger partial charge >= 0.3 is 12.2 Å². The first kappa shape index (κ1) is 29.3. The van der Waals surface area contributed by atoms with Gasteiger partial charge in [0.05, 0.1) is 30.5 Å². The Bertz CT molecular complexity index is 1570. The van der Waals surface area contributed by atoms with E-state index in [1.807, 2.05) is 48.5 Å². The lowest BCUT2D eigenvalue weighted by molar-refractivity contribution is 0.133. The van der Waals surface area contributed by atoms with Crippen LogP contribution in [-0.2, 0) is 27.1 Å². The van der Waals surface area contributed by atoms with Gasteiger partial charge in [-0.2, -0.15) is 10.3 Å². The van der Waals surface area contributed by atoms with Crippen LogP contribution in [0, 0.1) is 11.3 Å². The molecule has 2 N–H and O–H groups in total. The van der Waals surface area contributed by atoms with Gasteiger partial charge in [0.2, 0.25) is 6.08 Å². The van der Waals surface area contributed by atoms with Gasteiger partial charge in [0.15, 0.2) is 0 Å². The minimum Gasteiger partial charge on any atom is -0.449 e.